The first kappa shape index (κ1) is 11.7. The normalized spacial score (nSPS) is 9.20. The third-order valence-corrected chi connectivity index (χ3v) is 2.54. The van der Waals surface area contributed by atoms with Crippen molar-refractivity contribution in [2.45, 2.75) is 19.9 Å². The molecule has 0 aliphatic carbocycles. The van der Waals surface area contributed by atoms with E-state index in [4.69, 9.17) is 5.73 Å². The molecule has 1 aromatic rings. The topological polar surface area (TPSA) is 68.0 Å². The largest absolute Gasteiger partial charge is 0.350 e. The number of hydrogen-bond donors (Lipinski definition) is 2. The van der Waals surface area contributed by atoms with Crippen molar-refractivity contribution in [1.29, 1.82) is 0 Å². The molecule has 0 saturated heterocycles. The van der Waals surface area contributed by atoms with Crippen LogP contribution in [-0.2, 0) is 6.54 Å². The minimum absolute atomic E-state index is 0.163. The van der Waals surface area contributed by atoms with E-state index in [1.807, 2.05) is 0 Å². The smallest absolute Gasteiger partial charge is 0.270 e. The molecule has 0 spiro atoms. The lowest BCUT2D eigenvalue weighted by atomic mass is 10.4. The third kappa shape index (κ3) is 3.70. The molecule has 1 aromatic heterocycles. The van der Waals surface area contributed by atoms with Crippen LogP contribution in [0.3, 0.4) is 0 Å². The number of carbonyl (C=O) groups is 1. The maximum absolute atomic E-state index is 11.5. The minimum Gasteiger partial charge on any atom is -0.350 e. The number of rotatable bonds is 4. The third-order valence-electron chi connectivity index (χ3n) is 1.67. The van der Waals surface area contributed by atoms with E-state index in [9.17, 15) is 4.79 Å². The Balaban J connectivity index is 2.42. The summed E-state index contributed by atoms with van der Waals surface area (Å²) in [6.45, 7) is 2.70. The molecule has 1 heterocycles. The lowest BCUT2D eigenvalue weighted by molar-refractivity contribution is 0.0950. The van der Waals surface area contributed by atoms with Crippen LogP contribution in [0.1, 0.15) is 28.8 Å². The summed E-state index contributed by atoms with van der Waals surface area (Å²) >= 11 is 1.40. The van der Waals surface area contributed by atoms with Crippen molar-refractivity contribution in [1.82, 2.24) is 10.3 Å². The molecule has 0 saturated carbocycles. The molecule has 0 atom stereocenters. The van der Waals surface area contributed by atoms with Gasteiger partial charge in [0, 0.05) is 24.9 Å². The quantitative estimate of drug-likeness (QED) is 0.584. The number of nitrogens with one attached hydrogen (secondary N) is 1. The van der Waals surface area contributed by atoms with E-state index < -0.39 is 0 Å². The maximum Gasteiger partial charge on any atom is 0.270 e. The zero-order valence-corrected chi connectivity index (χ0v) is 9.36. The summed E-state index contributed by atoms with van der Waals surface area (Å²) < 4.78 is 0. The lowest BCUT2D eigenvalue weighted by Gasteiger charge is -1.98. The highest BCUT2D eigenvalue weighted by Crippen LogP contribution is 2.08. The van der Waals surface area contributed by atoms with Crippen molar-refractivity contribution < 1.29 is 4.79 Å². The van der Waals surface area contributed by atoms with E-state index >= 15 is 0 Å². The SMILES string of the molecule is CC#CCCNC(=O)c1csc(CN)n1. The van der Waals surface area contributed by atoms with Crippen LogP contribution in [0.5, 0.6) is 0 Å². The standard InChI is InChI=1S/C10H13N3OS/c1-2-3-4-5-12-10(14)8-7-15-9(6-11)13-8/h7H,4-6,11H2,1H3,(H,12,14). The average molecular weight is 223 g/mol. The summed E-state index contributed by atoms with van der Waals surface area (Å²) in [6.07, 6.45) is 0.663. The zero-order valence-electron chi connectivity index (χ0n) is 8.54. The van der Waals surface area contributed by atoms with E-state index in [1.165, 1.54) is 11.3 Å². The zero-order chi connectivity index (χ0) is 11.1. The van der Waals surface area contributed by atoms with E-state index in [-0.39, 0.29) is 5.91 Å². The predicted molar refractivity (Wildman–Crippen MR) is 60.4 cm³/mol. The van der Waals surface area contributed by atoms with Gasteiger partial charge in [-0.25, -0.2) is 4.98 Å². The summed E-state index contributed by atoms with van der Waals surface area (Å²) in [5.74, 6) is 5.47. The molecule has 1 rings (SSSR count). The van der Waals surface area contributed by atoms with Gasteiger partial charge in [-0.3, -0.25) is 4.79 Å². The summed E-state index contributed by atoms with van der Waals surface area (Å²) in [5, 5.41) is 5.22. The highest BCUT2D eigenvalue weighted by atomic mass is 32.1. The Morgan fingerprint density at radius 1 is 1.73 bits per heavy atom. The van der Waals surface area contributed by atoms with E-state index in [0.717, 1.165) is 5.01 Å². The molecule has 0 bridgehead atoms. The molecule has 80 valence electrons. The van der Waals surface area contributed by atoms with Crippen LogP contribution in [0.4, 0.5) is 0 Å². The Morgan fingerprint density at radius 3 is 3.13 bits per heavy atom. The van der Waals surface area contributed by atoms with Gasteiger partial charge in [-0.05, 0) is 6.92 Å². The first-order valence-corrected chi connectivity index (χ1v) is 5.48. The van der Waals surface area contributed by atoms with Gasteiger partial charge < -0.3 is 11.1 Å². The van der Waals surface area contributed by atoms with Crippen molar-refractivity contribution in [2.24, 2.45) is 5.73 Å². The predicted octanol–water partition coefficient (Wildman–Crippen LogP) is 0.745. The number of hydrogen-bond acceptors (Lipinski definition) is 4. The summed E-state index contributed by atoms with van der Waals surface area (Å²) in [4.78, 5) is 15.6. The number of thiazole rings is 1. The van der Waals surface area contributed by atoms with Crippen LogP contribution in [0.25, 0.3) is 0 Å². The summed E-state index contributed by atoms with van der Waals surface area (Å²) in [7, 11) is 0. The maximum atomic E-state index is 11.5. The van der Waals surface area contributed by atoms with E-state index in [1.54, 1.807) is 12.3 Å². The van der Waals surface area contributed by atoms with Gasteiger partial charge >= 0.3 is 0 Å². The lowest BCUT2D eigenvalue weighted by Crippen LogP contribution is -2.24. The van der Waals surface area contributed by atoms with Crippen LogP contribution < -0.4 is 11.1 Å². The number of carbonyl (C=O) groups excluding carboxylic acids is 1. The first-order valence-electron chi connectivity index (χ1n) is 4.60. The number of amides is 1. The van der Waals surface area contributed by atoms with Crippen LogP contribution in [0.2, 0.25) is 0 Å². The average Bonchev–Trinajstić information content (AvgIpc) is 2.72. The van der Waals surface area contributed by atoms with Crippen molar-refractivity contribution in [3.63, 3.8) is 0 Å². The fourth-order valence-electron chi connectivity index (χ4n) is 0.963. The van der Waals surface area contributed by atoms with Gasteiger partial charge in [-0.15, -0.1) is 23.2 Å². The highest BCUT2D eigenvalue weighted by molar-refractivity contribution is 7.09. The molecule has 0 radical (unpaired) electrons. The molecule has 4 nitrogen and oxygen atoms in total. The molecule has 15 heavy (non-hydrogen) atoms. The Morgan fingerprint density at radius 2 is 2.53 bits per heavy atom. The number of aromatic nitrogens is 1. The molecular formula is C10H13N3OS. The molecule has 0 aliphatic rings. The van der Waals surface area contributed by atoms with E-state index in [2.05, 4.69) is 22.1 Å². The number of nitrogens with zero attached hydrogens (tertiary/aromatic N) is 1. The second-order valence-electron chi connectivity index (χ2n) is 2.76. The van der Waals surface area contributed by atoms with Gasteiger partial charge in [0.05, 0.1) is 0 Å². The van der Waals surface area contributed by atoms with Gasteiger partial charge in [0.2, 0.25) is 0 Å². The Hall–Kier alpha value is -1.38. The Kier molecular flexibility index (Phi) is 4.81. The van der Waals surface area contributed by atoms with E-state index in [0.29, 0.717) is 25.2 Å². The van der Waals surface area contributed by atoms with Crippen molar-refractivity contribution in [3.8, 4) is 11.8 Å². The molecular weight excluding hydrogens is 210 g/mol. The summed E-state index contributed by atoms with van der Waals surface area (Å²) in [6, 6.07) is 0. The van der Waals surface area contributed by atoms with Gasteiger partial charge in [-0.1, -0.05) is 0 Å². The van der Waals surface area contributed by atoms with Crippen LogP contribution >= 0.6 is 11.3 Å². The van der Waals surface area contributed by atoms with Crippen LogP contribution in [0, 0.1) is 11.8 Å². The van der Waals surface area contributed by atoms with Gasteiger partial charge in [0.1, 0.15) is 10.7 Å². The summed E-state index contributed by atoms with van der Waals surface area (Å²) in [5.41, 5.74) is 5.84. The molecule has 0 fully saturated rings. The van der Waals surface area contributed by atoms with Gasteiger partial charge in [-0.2, -0.15) is 0 Å². The molecule has 1 amide bonds. The highest BCUT2D eigenvalue weighted by Gasteiger charge is 2.08. The van der Waals surface area contributed by atoms with Gasteiger partial charge in [0.25, 0.3) is 5.91 Å². The van der Waals surface area contributed by atoms with Crippen LogP contribution in [0.15, 0.2) is 5.38 Å². The number of nitrogens with two attached hydrogens (primary N) is 1. The Bertz CT molecular complexity index is 389. The minimum atomic E-state index is -0.163. The monoisotopic (exact) mass is 223 g/mol. The van der Waals surface area contributed by atoms with Crippen molar-refractivity contribution >= 4 is 17.2 Å². The molecule has 3 N–H and O–H groups in total. The fraction of sp³-hybridized carbons (Fsp3) is 0.400. The fourth-order valence-corrected chi connectivity index (χ4v) is 1.62. The molecule has 0 unspecified atom stereocenters. The second-order valence-corrected chi connectivity index (χ2v) is 3.71. The molecule has 0 aromatic carbocycles. The molecule has 0 aliphatic heterocycles. The first-order chi connectivity index (χ1) is 7.27. The molecule has 5 heteroatoms. The van der Waals surface area contributed by atoms with Crippen LogP contribution in [-0.4, -0.2) is 17.4 Å². The second kappa shape index (κ2) is 6.17. The van der Waals surface area contributed by atoms with Crippen molar-refractivity contribution in [2.75, 3.05) is 6.54 Å². The van der Waals surface area contributed by atoms with Crippen molar-refractivity contribution in [3.05, 3.63) is 16.1 Å². The van der Waals surface area contributed by atoms with Gasteiger partial charge in [0.15, 0.2) is 0 Å². The Labute approximate surface area is 92.9 Å².